The number of alkyl halides is 3. The van der Waals surface area contributed by atoms with Crippen LogP contribution in [0.25, 0.3) is 0 Å². The van der Waals surface area contributed by atoms with Gasteiger partial charge in [0.15, 0.2) is 5.96 Å². The number of guanidine groups is 1. The molecule has 0 atom stereocenters. The molecule has 166 valence electrons. The first kappa shape index (κ1) is 24.4. The van der Waals surface area contributed by atoms with E-state index in [1.807, 2.05) is 6.92 Å². The molecule has 1 aromatic carbocycles. The number of nitrogens with zero attached hydrogens (tertiary/aromatic N) is 5. The van der Waals surface area contributed by atoms with Crippen LogP contribution in [0.15, 0.2) is 29.3 Å². The Kier molecular flexibility index (Phi) is 8.94. The third-order valence-electron chi connectivity index (χ3n) is 4.47. The first-order valence-corrected chi connectivity index (χ1v) is 10.0. The molecule has 12 heteroatoms. The average Bonchev–Trinajstić information content (AvgIpc) is 3.18. The summed E-state index contributed by atoms with van der Waals surface area (Å²) in [5.74, 6) is 1.28. The Labute approximate surface area is 194 Å². The fourth-order valence-electron chi connectivity index (χ4n) is 3.01. The number of hydrogen-bond acceptors (Lipinski definition) is 6. The Morgan fingerprint density at radius 1 is 1.23 bits per heavy atom. The lowest BCUT2D eigenvalue weighted by molar-refractivity contribution is -0.274. The summed E-state index contributed by atoms with van der Waals surface area (Å²) in [5, 5.41) is 4.05. The first-order chi connectivity index (χ1) is 13.9. The van der Waals surface area contributed by atoms with Crippen LogP contribution in [0, 0.1) is 0 Å². The number of halogens is 4. The fraction of sp³-hybridized carbons (Fsp3) is 0.500. The summed E-state index contributed by atoms with van der Waals surface area (Å²) in [6.45, 7) is 5.19. The van der Waals surface area contributed by atoms with E-state index in [1.54, 1.807) is 19.2 Å². The molecule has 30 heavy (non-hydrogen) atoms. The Morgan fingerprint density at radius 3 is 2.53 bits per heavy atom. The Bertz CT molecular complexity index is 839. The molecule has 0 saturated carbocycles. The Balaban J connectivity index is 0.00000320. The molecule has 1 N–H and O–H groups in total. The van der Waals surface area contributed by atoms with Crippen LogP contribution in [0.5, 0.6) is 5.75 Å². The number of anilines is 1. The van der Waals surface area contributed by atoms with Crippen LogP contribution in [-0.2, 0) is 13.0 Å². The van der Waals surface area contributed by atoms with Gasteiger partial charge in [-0.3, -0.25) is 4.99 Å². The maximum Gasteiger partial charge on any atom is 0.573 e. The molecular formula is C18H24F3IN6OS. The van der Waals surface area contributed by atoms with Gasteiger partial charge in [0, 0.05) is 63.3 Å². The summed E-state index contributed by atoms with van der Waals surface area (Å²) >= 11 is 1.40. The number of benzene rings is 1. The van der Waals surface area contributed by atoms with E-state index >= 15 is 0 Å². The highest BCUT2D eigenvalue weighted by molar-refractivity contribution is 14.0. The molecule has 1 saturated heterocycles. The number of hydrogen-bond donors (Lipinski definition) is 1. The minimum atomic E-state index is -4.73. The minimum Gasteiger partial charge on any atom is -0.405 e. The molecule has 0 amide bonds. The lowest BCUT2D eigenvalue weighted by Gasteiger charge is -2.36. The van der Waals surface area contributed by atoms with E-state index in [2.05, 4.69) is 34.2 Å². The summed E-state index contributed by atoms with van der Waals surface area (Å²) in [6, 6.07) is 6.09. The van der Waals surface area contributed by atoms with E-state index in [9.17, 15) is 13.2 Å². The van der Waals surface area contributed by atoms with Gasteiger partial charge in [0.05, 0.1) is 0 Å². The standard InChI is InChI=1S/C18H23F3N6OS.HI/c1-3-15-24-17(29-25-15)27-10-8-26(9-11-27)16(22-2)23-12-13-6-4-5-7-14(13)28-18(19,20)21;/h4-7H,3,8-12H2,1-2H3,(H,22,23);1H. The Morgan fingerprint density at radius 2 is 1.93 bits per heavy atom. The van der Waals surface area contributed by atoms with Gasteiger partial charge in [-0.15, -0.1) is 37.1 Å². The third kappa shape index (κ3) is 6.59. The van der Waals surface area contributed by atoms with Gasteiger partial charge < -0.3 is 19.9 Å². The molecule has 2 aromatic rings. The van der Waals surface area contributed by atoms with Gasteiger partial charge in [-0.1, -0.05) is 25.1 Å². The largest absolute Gasteiger partial charge is 0.573 e. The zero-order valence-corrected chi connectivity index (χ0v) is 19.8. The second-order valence-corrected chi connectivity index (χ2v) is 7.11. The monoisotopic (exact) mass is 556 g/mol. The van der Waals surface area contributed by atoms with Crippen molar-refractivity contribution in [1.82, 2.24) is 19.6 Å². The topological polar surface area (TPSA) is 65.9 Å². The molecule has 1 fully saturated rings. The summed E-state index contributed by atoms with van der Waals surface area (Å²) in [7, 11) is 1.66. The van der Waals surface area contributed by atoms with Crippen molar-refractivity contribution in [2.24, 2.45) is 4.99 Å². The zero-order valence-electron chi connectivity index (χ0n) is 16.6. The molecule has 0 bridgehead atoms. The third-order valence-corrected chi connectivity index (χ3v) is 5.29. The summed E-state index contributed by atoms with van der Waals surface area (Å²) in [6.07, 6.45) is -3.91. The molecule has 0 unspecified atom stereocenters. The normalized spacial score (nSPS) is 15.0. The molecule has 2 heterocycles. The number of piperazine rings is 1. The average molecular weight is 556 g/mol. The molecule has 0 spiro atoms. The predicted octanol–water partition coefficient (Wildman–Crippen LogP) is 3.51. The van der Waals surface area contributed by atoms with E-state index in [-0.39, 0.29) is 36.3 Å². The van der Waals surface area contributed by atoms with Gasteiger partial charge in [0.25, 0.3) is 0 Å². The summed E-state index contributed by atoms with van der Waals surface area (Å²) in [4.78, 5) is 13.1. The van der Waals surface area contributed by atoms with Crippen molar-refractivity contribution in [3.05, 3.63) is 35.7 Å². The van der Waals surface area contributed by atoms with Gasteiger partial charge >= 0.3 is 6.36 Å². The van der Waals surface area contributed by atoms with Crippen LogP contribution in [0.1, 0.15) is 18.3 Å². The van der Waals surface area contributed by atoms with Crippen molar-refractivity contribution >= 4 is 46.6 Å². The Hall–Kier alpha value is -1.83. The number of para-hydroxylation sites is 1. The van der Waals surface area contributed by atoms with Crippen molar-refractivity contribution in [3.8, 4) is 5.75 Å². The van der Waals surface area contributed by atoms with Gasteiger partial charge in [-0.25, -0.2) is 4.98 Å². The highest BCUT2D eigenvalue weighted by Gasteiger charge is 2.32. The van der Waals surface area contributed by atoms with Crippen molar-refractivity contribution in [3.63, 3.8) is 0 Å². The SMILES string of the molecule is CCc1nsc(N2CCN(C(=NC)NCc3ccccc3OC(F)(F)F)CC2)n1.I. The summed E-state index contributed by atoms with van der Waals surface area (Å²) in [5.41, 5.74) is 0.408. The molecular weight excluding hydrogens is 532 g/mol. The fourth-order valence-corrected chi connectivity index (χ4v) is 3.81. The minimum absolute atomic E-state index is 0. The smallest absolute Gasteiger partial charge is 0.405 e. The molecule has 3 rings (SSSR count). The first-order valence-electron chi connectivity index (χ1n) is 9.26. The highest BCUT2D eigenvalue weighted by atomic mass is 127. The number of aryl methyl sites for hydroxylation is 1. The number of ether oxygens (including phenoxy) is 1. The highest BCUT2D eigenvalue weighted by Crippen LogP contribution is 2.26. The molecule has 0 radical (unpaired) electrons. The number of aromatic nitrogens is 2. The number of nitrogens with one attached hydrogen (secondary N) is 1. The van der Waals surface area contributed by atoms with Gasteiger partial charge in [0.1, 0.15) is 11.6 Å². The van der Waals surface area contributed by atoms with Crippen molar-refractivity contribution in [2.75, 3.05) is 38.1 Å². The number of rotatable bonds is 5. The van der Waals surface area contributed by atoms with E-state index in [4.69, 9.17) is 0 Å². The maximum absolute atomic E-state index is 12.6. The van der Waals surface area contributed by atoms with Crippen LogP contribution in [-0.4, -0.2) is 59.8 Å². The van der Waals surface area contributed by atoms with Crippen molar-refractivity contribution in [2.45, 2.75) is 26.3 Å². The van der Waals surface area contributed by atoms with Gasteiger partial charge in [-0.2, -0.15) is 4.37 Å². The lowest BCUT2D eigenvalue weighted by atomic mass is 10.2. The maximum atomic E-state index is 12.6. The van der Waals surface area contributed by atoms with Crippen LogP contribution >= 0.6 is 35.5 Å². The second kappa shape index (κ2) is 11.0. The van der Waals surface area contributed by atoms with Crippen LogP contribution in [0.3, 0.4) is 0 Å². The van der Waals surface area contributed by atoms with E-state index in [0.717, 1.165) is 43.6 Å². The molecule has 1 aliphatic heterocycles. The quantitative estimate of drug-likeness (QED) is 0.346. The second-order valence-electron chi connectivity index (χ2n) is 6.38. The van der Waals surface area contributed by atoms with Crippen molar-refractivity contribution in [1.29, 1.82) is 0 Å². The van der Waals surface area contributed by atoms with E-state index < -0.39 is 6.36 Å². The zero-order chi connectivity index (χ0) is 20.9. The van der Waals surface area contributed by atoms with E-state index in [0.29, 0.717) is 11.5 Å². The van der Waals surface area contributed by atoms with Crippen molar-refractivity contribution < 1.29 is 17.9 Å². The lowest BCUT2D eigenvalue weighted by Crippen LogP contribution is -2.52. The van der Waals surface area contributed by atoms with E-state index in [1.165, 1.54) is 23.7 Å². The predicted molar refractivity (Wildman–Crippen MR) is 122 cm³/mol. The van der Waals surface area contributed by atoms with Crippen LogP contribution < -0.4 is 15.0 Å². The van der Waals surface area contributed by atoms with Gasteiger partial charge in [-0.05, 0) is 6.07 Å². The molecule has 1 aliphatic rings. The number of aliphatic imine (C=N–C) groups is 1. The van der Waals surface area contributed by atoms with Crippen LogP contribution in [0.2, 0.25) is 0 Å². The summed E-state index contributed by atoms with van der Waals surface area (Å²) < 4.78 is 46.2. The van der Waals surface area contributed by atoms with Gasteiger partial charge in [0.2, 0.25) is 5.13 Å². The molecule has 0 aliphatic carbocycles. The molecule has 1 aromatic heterocycles. The van der Waals surface area contributed by atoms with Crippen LogP contribution in [0.4, 0.5) is 18.3 Å². The molecule has 7 nitrogen and oxygen atoms in total.